The van der Waals surface area contributed by atoms with Crippen LogP contribution in [0.5, 0.6) is 5.75 Å². The number of carbonyl (C=O) groups is 1. The first-order valence-corrected chi connectivity index (χ1v) is 10.2. The van der Waals surface area contributed by atoms with Crippen LogP contribution in [-0.2, 0) is 17.6 Å². The molecule has 1 N–H and O–H groups in total. The highest BCUT2D eigenvalue weighted by molar-refractivity contribution is 7.19. The molecular weight excluding hydrogens is 410 g/mol. The quantitative estimate of drug-likeness (QED) is 0.497. The molecule has 4 aromatic rings. The van der Waals surface area contributed by atoms with Crippen LogP contribution in [0.2, 0.25) is 5.02 Å². The van der Waals surface area contributed by atoms with E-state index >= 15 is 0 Å². The van der Waals surface area contributed by atoms with Crippen molar-refractivity contribution in [1.82, 2.24) is 19.8 Å². The van der Waals surface area contributed by atoms with Crippen LogP contribution in [-0.4, -0.2) is 32.8 Å². The second-order valence-electron chi connectivity index (χ2n) is 6.34. The smallest absolute Gasteiger partial charge is 0.234 e. The van der Waals surface area contributed by atoms with E-state index in [0.29, 0.717) is 16.5 Å². The molecule has 0 saturated heterocycles. The van der Waals surface area contributed by atoms with Crippen molar-refractivity contribution in [2.75, 3.05) is 12.4 Å². The van der Waals surface area contributed by atoms with Crippen molar-refractivity contribution in [2.24, 2.45) is 0 Å². The first kappa shape index (κ1) is 19.4. The lowest BCUT2D eigenvalue weighted by Gasteiger charge is -2.11. The van der Waals surface area contributed by atoms with E-state index < -0.39 is 0 Å². The highest BCUT2D eigenvalue weighted by atomic mass is 35.5. The summed E-state index contributed by atoms with van der Waals surface area (Å²) in [5, 5.41) is 17.2. The summed E-state index contributed by atoms with van der Waals surface area (Å²) in [5.74, 6) is 1.25. The van der Waals surface area contributed by atoms with Gasteiger partial charge in [-0.15, -0.1) is 10.2 Å². The number of methoxy groups -OCH3 is 1. The molecule has 0 bridgehead atoms. The monoisotopic (exact) mass is 427 g/mol. The number of nitrogens with zero attached hydrogens (tertiary/aromatic N) is 4. The number of carbonyl (C=O) groups excluding carboxylic acids is 1. The Morgan fingerprint density at radius 2 is 2.00 bits per heavy atom. The van der Waals surface area contributed by atoms with E-state index in [4.69, 9.17) is 16.3 Å². The molecule has 0 spiro atoms. The summed E-state index contributed by atoms with van der Waals surface area (Å²) in [7, 11) is 1.57. The maximum atomic E-state index is 12.5. The first-order chi connectivity index (χ1) is 14.1. The normalized spacial score (nSPS) is 11.0. The van der Waals surface area contributed by atoms with Gasteiger partial charge in [0, 0.05) is 17.0 Å². The fraction of sp³-hybridized carbons (Fsp3) is 0.200. The summed E-state index contributed by atoms with van der Waals surface area (Å²) < 4.78 is 7.16. The van der Waals surface area contributed by atoms with E-state index in [9.17, 15) is 4.79 Å². The van der Waals surface area contributed by atoms with Gasteiger partial charge < -0.3 is 10.1 Å². The third-order valence-electron chi connectivity index (χ3n) is 4.37. The molecule has 148 valence electrons. The second kappa shape index (κ2) is 8.18. The Bertz CT molecular complexity index is 1170. The summed E-state index contributed by atoms with van der Waals surface area (Å²) in [5.41, 5.74) is 2.33. The zero-order valence-electron chi connectivity index (χ0n) is 15.8. The minimum absolute atomic E-state index is 0.144. The lowest BCUT2D eigenvalue weighted by Crippen LogP contribution is -2.15. The summed E-state index contributed by atoms with van der Waals surface area (Å²) in [6.45, 7) is 2.01. The largest absolute Gasteiger partial charge is 0.495 e. The summed E-state index contributed by atoms with van der Waals surface area (Å²) in [6.07, 6.45) is 0.986. The number of anilines is 1. The number of ether oxygens (including phenoxy) is 1. The van der Waals surface area contributed by atoms with Gasteiger partial charge >= 0.3 is 0 Å². The van der Waals surface area contributed by atoms with E-state index in [1.807, 2.05) is 37.3 Å². The van der Waals surface area contributed by atoms with Crippen molar-refractivity contribution in [3.05, 3.63) is 58.9 Å². The minimum Gasteiger partial charge on any atom is -0.495 e. The van der Waals surface area contributed by atoms with Crippen LogP contribution in [0.1, 0.15) is 18.3 Å². The van der Waals surface area contributed by atoms with Crippen LogP contribution in [0, 0.1) is 0 Å². The van der Waals surface area contributed by atoms with E-state index in [2.05, 4.69) is 20.6 Å². The standard InChI is InChI=1S/C20H18ClN5O2S/c1-3-17-23-24-20-26(17)25-19(29-20)13-6-9-16(28-2)15(11-13)22-18(27)10-12-4-7-14(21)8-5-12/h4-9,11H,3,10H2,1-2H3,(H,22,27). The van der Waals surface area contributed by atoms with Gasteiger partial charge in [0.15, 0.2) is 5.82 Å². The Labute approximate surface area is 176 Å². The molecule has 4 rings (SSSR count). The topological polar surface area (TPSA) is 81.4 Å². The number of halogens is 1. The Morgan fingerprint density at radius 1 is 1.21 bits per heavy atom. The van der Waals surface area contributed by atoms with Crippen LogP contribution in [0.3, 0.4) is 0 Å². The Morgan fingerprint density at radius 3 is 2.72 bits per heavy atom. The van der Waals surface area contributed by atoms with Gasteiger partial charge in [0.1, 0.15) is 10.8 Å². The van der Waals surface area contributed by atoms with Gasteiger partial charge in [0.2, 0.25) is 10.9 Å². The lowest BCUT2D eigenvalue weighted by atomic mass is 10.1. The van der Waals surface area contributed by atoms with Crippen LogP contribution in [0.15, 0.2) is 42.5 Å². The molecule has 2 aromatic heterocycles. The Balaban J connectivity index is 1.59. The number of fused-ring (bicyclic) bond motifs is 1. The number of rotatable bonds is 6. The van der Waals surface area contributed by atoms with E-state index in [-0.39, 0.29) is 12.3 Å². The average Bonchev–Trinajstić information content (AvgIpc) is 3.30. The van der Waals surface area contributed by atoms with Crippen LogP contribution >= 0.6 is 22.9 Å². The number of amides is 1. The summed E-state index contributed by atoms with van der Waals surface area (Å²) in [4.78, 5) is 13.3. The molecule has 7 nitrogen and oxygen atoms in total. The number of hydrogen-bond acceptors (Lipinski definition) is 6. The minimum atomic E-state index is -0.144. The van der Waals surface area contributed by atoms with Gasteiger partial charge in [-0.25, -0.2) is 0 Å². The molecule has 0 saturated carbocycles. The third kappa shape index (κ3) is 4.08. The molecule has 0 aliphatic carbocycles. The predicted molar refractivity (Wildman–Crippen MR) is 114 cm³/mol. The molecular formula is C20H18ClN5O2S. The maximum Gasteiger partial charge on any atom is 0.234 e. The number of aromatic nitrogens is 4. The summed E-state index contributed by atoms with van der Waals surface area (Å²) >= 11 is 7.34. The molecule has 0 aliphatic rings. The zero-order valence-corrected chi connectivity index (χ0v) is 17.4. The molecule has 0 fully saturated rings. The van der Waals surface area contributed by atoms with Crippen molar-refractivity contribution >= 4 is 39.5 Å². The van der Waals surface area contributed by atoms with Gasteiger partial charge in [-0.1, -0.05) is 42.0 Å². The van der Waals surface area contributed by atoms with Crippen molar-refractivity contribution in [3.63, 3.8) is 0 Å². The van der Waals surface area contributed by atoms with Crippen molar-refractivity contribution < 1.29 is 9.53 Å². The fourth-order valence-electron chi connectivity index (χ4n) is 2.92. The first-order valence-electron chi connectivity index (χ1n) is 9.01. The second-order valence-corrected chi connectivity index (χ2v) is 7.73. The molecule has 0 aliphatic heterocycles. The van der Waals surface area contributed by atoms with Crippen molar-refractivity contribution in [2.45, 2.75) is 19.8 Å². The molecule has 29 heavy (non-hydrogen) atoms. The molecule has 1 amide bonds. The fourth-order valence-corrected chi connectivity index (χ4v) is 3.90. The van der Waals surface area contributed by atoms with Crippen molar-refractivity contribution in [1.29, 1.82) is 0 Å². The summed E-state index contributed by atoms with van der Waals surface area (Å²) in [6, 6.07) is 12.8. The van der Waals surface area contributed by atoms with Gasteiger partial charge in [0.05, 0.1) is 19.2 Å². The molecule has 2 aromatic carbocycles. The molecule has 2 heterocycles. The van der Waals surface area contributed by atoms with Gasteiger partial charge in [0.25, 0.3) is 0 Å². The van der Waals surface area contributed by atoms with Crippen LogP contribution < -0.4 is 10.1 Å². The van der Waals surface area contributed by atoms with Gasteiger partial charge in [-0.3, -0.25) is 4.79 Å². The number of nitrogens with one attached hydrogen (secondary N) is 1. The van der Waals surface area contributed by atoms with E-state index in [1.54, 1.807) is 23.8 Å². The highest BCUT2D eigenvalue weighted by Crippen LogP contribution is 2.33. The van der Waals surface area contributed by atoms with E-state index in [1.165, 1.54) is 11.3 Å². The molecule has 0 unspecified atom stereocenters. The van der Waals surface area contributed by atoms with Crippen LogP contribution in [0.25, 0.3) is 15.5 Å². The number of aryl methyl sites for hydroxylation is 1. The molecule has 0 radical (unpaired) electrons. The Kier molecular flexibility index (Phi) is 5.46. The molecule has 9 heteroatoms. The maximum absolute atomic E-state index is 12.5. The van der Waals surface area contributed by atoms with Crippen molar-refractivity contribution in [3.8, 4) is 16.3 Å². The zero-order chi connectivity index (χ0) is 20.4. The SMILES string of the molecule is CCc1nnc2sc(-c3ccc(OC)c(NC(=O)Cc4ccc(Cl)cc4)c3)nn12. The lowest BCUT2D eigenvalue weighted by molar-refractivity contribution is -0.115. The Hall–Kier alpha value is -2.97. The molecule has 0 atom stereocenters. The highest BCUT2D eigenvalue weighted by Gasteiger charge is 2.15. The number of hydrogen-bond donors (Lipinski definition) is 1. The predicted octanol–water partition coefficient (Wildman–Crippen LogP) is 4.26. The van der Waals surface area contributed by atoms with E-state index in [0.717, 1.165) is 33.3 Å². The average molecular weight is 428 g/mol. The number of benzene rings is 2. The van der Waals surface area contributed by atoms with Gasteiger partial charge in [-0.2, -0.15) is 9.61 Å². The van der Waals surface area contributed by atoms with Gasteiger partial charge in [-0.05, 0) is 35.9 Å². The van der Waals surface area contributed by atoms with Crippen LogP contribution in [0.4, 0.5) is 5.69 Å². The third-order valence-corrected chi connectivity index (χ3v) is 5.57.